The van der Waals surface area contributed by atoms with E-state index in [1.54, 1.807) is 0 Å². The molecule has 0 saturated carbocycles. The summed E-state index contributed by atoms with van der Waals surface area (Å²) in [7, 11) is 0. The van der Waals surface area contributed by atoms with E-state index in [1.807, 2.05) is 0 Å². The van der Waals surface area contributed by atoms with E-state index in [-0.39, 0.29) is 19.1 Å². The molecule has 0 aromatic carbocycles. The zero-order valence-electron chi connectivity index (χ0n) is 10.8. The van der Waals surface area contributed by atoms with Gasteiger partial charge >= 0.3 is 12.0 Å². The van der Waals surface area contributed by atoms with Crippen LogP contribution < -0.4 is 10.6 Å². The molecule has 2 aliphatic rings. The molecule has 0 aromatic rings. The molecule has 0 spiro atoms. The van der Waals surface area contributed by atoms with Gasteiger partial charge in [0.25, 0.3) is 0 Å². The fourth-order valence-corrected chi connectivity index (χ4v) is 3.01. The van der Waals surface area contributed by atoms with Crippen LogP contribution in [-0.4, -0.2) is 64.9 Å². The van der Waals surface area contributed by atoms with Gasteiger partial charge in [-0.1, -0.05) is 0 Å². The molecule has 2 rings (SSSR count). The molecule has 0 radical (unpaired) electrons. The summed E-state index contributed by atoms with van der Waals surface area (Å²) in [5, 5.41) is 22.9. The number of carbonyl (C=O) groups excluding carboxylic acids is 1. The van der Waals surface area contributed by atoms with Crippen molar-refractivity contribution in [2.75, 3.05) is 19.7 Å². The Kier molecular flexibility index (Phi) is 4.60. The van der Waals surface area contributed by atoms with Crippen LogP contribution in [0.2, 0.25) is 0 Å². The Hall–Kier alpha value is -1.34. The van der Waals surface area contributed by atoms with Gasteiger partial charge in [-0.05, 0) is 25.8 Å². The standard InChI is InChI=1S/C12H21N3O4/c16-7-4-9(11(17)18)14-12(19)13-8-3-6-15-5-1-2-10(8)15/h8-10,16H,1-7H2,(H,17,18)(H2,13,14,19)/t8?,9-,10?/m1/s1. The highest BCUT2D eigenvalue weighted by atomic mass is 16.4. The molecule has 7 heteroatoms. The molecule has 3 atom stereocenters. The van der Waals surface area contributed by atoms with Gasteiger partial charge in [-0.2, -0.15) is 0 Å². The third kappa shape index (κ3) is 3.36. The molecule has 0 bridgehead atoms. The van der Waals surface area contributed by atoms with E-state index in [0.717, 1.165) is 32.4 Å². The van der Waals surface area contributed by atoms with Crippen molar-refractivity contribution in [3.05, 3.63) is 0 Å². The molecular weight excluding hydrogens is 250 g/mol. The van der Waals surface area contributed by atoms with Crippen LogP contribution in [0.4, 0.5) is 4.79 Å². The zero-order chi connectivity index (χ0) is 13.8. The number of fused-ring (bicyclic) bond motifs is 1. The first-order valence-corrected chi connectivity index (χ1v) is 6.76. The molecular formula is C12H21N3O4. The Labute approximate surface area is 112 Å². The summed E-state index contributed by atoms with van der Waals surface area (Å²) in [6, 6.07) is -0.997. The van der Waals surface area contributed by atoms with Gasteiger partial charge in [-0.25, -0.2) is 9.59 Å². The molecule has 2 fully saturated rings. The summed E-state index contributed by atoms with van der Waals surface area (Å²) in [6.07, 6.45) is 3.18. The predicted octanol–water partition coefficient (Wildman–Crippen LogP) is -0.642. The van der Waals surface area contributed by atoms with E-state index in [4.69, 9.17) is 10.2 Å². The molecule has 108 valence electrons. The van der Waals surface area contributed by atoms with Crippen LogP contribution >= 0.6 is 0 Å². The van der Waals surface area contributed by atoms with E-state index in [1.165, 1.54) is 0 Å². The van der Waals surface area contributed by atoms with Crippen LogP contribution in [0.3, 0.4) is 0 Å². The third-order valence-electron chi connectivity index (χ3n) is 3.94. The van der Waals surface area contributed by atoms with Gasteiger partial charge in [-0.3, -0.25) is 4.90 Å². The monoisotopic (exact) mass is 271 g/mol. The topological polar surface area (TPSA) is 102 Å². The average Bonchev–Trinajstić information content (AvgIpc) is 2.93. The smallest absolute Gasteiger partial charge is 0.326 e. The lowest BCUT2D eigenvalue weighted by molar-refractivity contribution is -0.139. The number of nitrogens with zero attached hydrogens (tertiary/aromatic N) is 1. The SMILES string of the molecule is O=C(NC1CCN2CCCC12)N[C@H](CCO)C(=O)O. The van der Waals surface area contributed by atoms with Crippen molar-refractivity contribution in [1.29, 1.82) is 0 Å². The number of hydrogen-bond acceptors (Lipinski definition) is 4. The maximum atomic E-state index is 11.8. The maximum absolute atomic E-state index is 11.8. The quantitative estimate of drug-likeness (QED) is 0.532. The summed E-state index contributed by atoms with van der Waals surface area (Å²) < 4.78 is 0. The minimum Gasteiger partial charge on any atom is -0.480 e. The fourth-order valence-electron chi connectivity index (χ4n) is 3.01. The lowest BCUT2D eigenvalue weighted by Gasteiger charge is -2.22. The molecule has 2 saturated heterocycles. The molecule has 2 aliphatic heterocycles. The predicted molar refractivity (Wildman–Crippen MR) is 67.8 cm³/mol. The number of urea groups is 1. The minimum atomic E-state index is -1.13. The Morgan fingerprint density at radius 2 is 2.11 bits per heavy atom. The molecule has 19 heavy (non-hydrogen) atoms. The van der Waals surface area contributed by atoms with Gasteiger partial charge in [-0.15, -0.1) is 0 Å². The average molecular weight is 271 g/mol. The van der Waals surface area contributed by atoms with Crippen molar-refractivity contribution < 1.29 is 19.8 Å². The number of aliphatic carboxylic acids is 1. The normalized spacial score (nSPS) is 27.8. The van der Waals surface area contributed by atoms with E-state index >= 15 is 0 Å². The highest BCUT2D eigenvalue weighted by Gasteiger charge is 2.38. The van der Waals surface area contributed by atoms with Crippen LogP contribution in [0.15, 0.2) is 0 Å². The molecule has 7 nitrogen and oxygen atoms in total. The number of rotatable bonds is 5. The lowest BCUT2D eigenvalue weighted by Crippen LogP contribution is -2.51. The molecule has 2 heterocycles. The maximum Gasteiger partial charge on any atom is 0.326 e. The highest BCUT2D eigenvalue weighted by Crippen LogP contribution is 2.27. The Balaban J connectivity index is 1.82. The first kappa shape index (κ1) is 14.1. The summed E-state index contributed by atoms with van der Waals surface area (Å²) in [5.74, 6) is -1.13. The number of carboxylic acid groups (broad SMARTS) is 1. The van der Waals surface area contributed by atoms with Gasteiger partial charge in [0.05, 0.1) is 0 Å². The second kappa shape index (κ2) is 6.21. The van der Waals surface area contributed by atoms with Crippen molar-refractivity contribution in [3.63, 3.8) is 0 Å². The number of aliphatic hydroxyl groups excluding tert-OH is 1. The number of aliphatic hydroxyl groups is 1. The molecule has 0 aromatic heterocycles. The van der Waals surface area contributed by atoms with E-state index in [0.29, 0.717) is 6.04 Å². The van der Waals surface area contributed by atoms with Crippen LogP contribution in [0.5, 0.6) is 0 Å². The Morgan fingerprint density at radius 1 is 1.32 bits per heavy atom. The van der Waals surface area contributed by atoms with Crippen LogP contribution in [0.1, 0.15) is 25.7 Å². The van der Waals surface area contributed by atoms with Gasteiger partial charge in [0.2, 0.25) is 0 Å². The van der Waals surface area contributed by atoms with Gasteiger partial charge < -0.3 is 20.8 Å². The van der Waals surface area contributed by atoms with Crippen molar-refractivity contribution in [2.45, 2.75) is 43.8 Å². The van der Waals surface area contributed by atoms with Crippen molar-refractivity contribution in [2.24, 2.45) is 0 Å². The summed E-state index contributed by atoms with van der Waals surface area (Å²) in [5.41, 5.74) is 0. The van der Waals surface area contributed by atoms with Crippen molar-refractivity contribution >= 4 is 12.0 Å². The number of amides is 2. The summed E-state index contributed by atoms with van der Waals surface area (Å²) >= 11 is 0. The number of nitrogens with one attached hydrogen (secondary N) is 2. The third-order valence-corrected chi connectivity index (χ3v) is 3.94. The minimum absolute atomic E-state index is 0.0168. The van der Waals surface area contributed by atoms with Crippen LogP contribution in [0.25, 0.3) is 0 Å². The fraction of sp³-hybridized carbons (Fsp3) is 0.833. The Bertz CT molecular complexity index is 350. The van der Waals surface area contributed by atoms with E-state index in [9.17, 15) is 9.59 Å². The van der Waals surface area contributed by atoms with Crippen molar-refractivity contribution in [1.82, 2.24) is 15.5 Å². The second-order valence-corrected chi connectivity index (χ2v) is 5.16. The molecule has 2 unspecified atom stereocenters. The van der Waals surface area contributed by atoms with E-state index < -0.39 is 18.0 Å². The second-order valence-electron chi connectivity index (χ2n) is 5.16. The number of hydrogen-bond donors (Lipinski definition) is 4. The van der Waals surface area contributed by atoms with Gasteiger partial charge in [0, 0.05) is 31.7 Å². The summed E-state index contributed by atoms with van der Waals surface area (Å²) in [6.45, 7) is 1.82. The van der Waals surface area contributed by atoms with E-state index in [2.05, 4.69) is 15.5 Å². The van der Waals surface area contributed by atoms with Gasteiger partial charge in [0.1, 0.15) is 6.04 Å². The number of carboxylic acids is 1. The lowest BCUT2D eigenvalue weighted by atomic mass is 10.1. The molecule has 2 amide bonds. The Morgan fingerprint density at radius 3 is 2.79 bits per heavy atom. The largest absolute Gasteiger partial charge is 0.480 e. The zero-order valence-corrected chi connectivity index (χ0v) is 10.8. The highest BCUT2D eigenvalue weighted by molar-refractivity contribution is 5.82. The molecule has 4 N–H and O–H groups in total. The summed E-state index contributed by atoms with van der Waals surface area (Å²) in [4.78, 5) is 25.0. The first-order chi connectivity index (χ1) is 9.11. The van der Waals surface area contributed by atoms with Crippen LogP contribution in [0, 0.1) is 0 Å². The van der Waals surface area contributed by atoms with Gasteiger partial charge in [0.15, 0.2) is 0 Å². The van der Waals surface area contributed by atoms with Crippen molar-refractivity contribution in [3.8, 4) is 0 Å². The number of carbonyl (C=O) groups is 2. The van der Waals surface area contributed by atoms with Crippen LogP contribution in [-0.2, 0) is 4.79 Å². The first-order valence-electron chi connectivity index (χ1n) is 6.76. The molecule has 0 aliphatic carbocycles.